The summed E-state index contributed by atoms with van der Waals surface area (Å²) in [5.41, 5.74) is 1.30. The van der Waals surface area contributed by atoms with Crippen LogP contribution in [-0.4, -0.2) is 12.0 Å². The van der Waals surface area contributed by atoms with Gasteiger partial charge in [0.1, 0.15) is 0 Å². The molecule has 0 bridgehead atoms. The number of nitrogens with zero attached hydrogens (tertiary/aromatic N) is 1. The van der Waals surface area contributed by atoms with Gasteiger partial charge in [-0.3, -0.25) is 4.98 Å². The number of hydrogen-bond acceptors (Lipinski definition) is 3. The van der Waals surface area contributed by atoms with Gasteiger partial charge >= 0.3 is 0 Å². The summed E-state index contributed by atoms with van der Waals surface area (Å²) >= 11 is 5.26. The lowest BCUT2D eigenvalue weighted by atomic mass is 10.1. The van der Waals surface area contributed by atoms with Gasteiger partial charge < -0.3 is 5.32 Å². The van der Waals surface area contributed by atoms with Crippen molar-refractivity contribution >= 4 is 27.3 Å². The first-order valence-electron chi connectivity index (χ1n) is 5.09. The van der Waals surface area contributed by atoms with E-state index in [4.69, 9.17) is 0 Å². The van der Waals surface area contributed by atoms with Gasteiger partial charge in [0.05, 0.1) is 0 Å². The molecule has 0 fully saturated rings. The largest absolute Gasteiger partial charge is 0.312 e. The Bertz CT molecular complexity index is 441. The molecule has 2 rings (SSSR count). The number of likely N-dealkylation sites (N-methyl/N-ethyl adjacent to an activating group) is 1. The molecule has 2 heterocycles. The van der Waals surface area contributed by atoms with Gasteiger partial charge in [0.15, 0.2) is 0 Å². The molecule has 16 heavy (non-hydrogen) atoms. The first-order valence-corrected chi connectivity index (χ1v) is 6.77. The van der Waals surface area contributed by atoms with Gasteiger partial charge in [-0.2, -0.15) is 0 Å². The van der Waals surface area contributed by atoms with Crippen molar-refractivity contribution < 1.29 is 0 Å². The standard InChI is InChI=1S/C12H13BrN2S/c1-14-11(12-7-10(13)8-16-12)6-9-2-4-15-5-3-9/h2-5,7-8,11,14H,6H2,1H3. The number of rotatable bonds is 4. The van der Waals surface area contributed by atoms with Crippen LogP contribution in [0.5, 0.6) is 0 Å². The molecule has 1 N–H and O–H groups in total. The van der Waals surface area contributed by atoms with Crippen LogP contribution in [0.2, 0.25) is 0 Å². The zero-order valence-corrected chi connectivity index (χ0v) is 11.4. The second-order valence-corrected chi connectivity index (χ2v) is 5.43. The number of aromatic nitrogens is 1. The third kappa shape index (κ3) is 2.90. The summed E-state index contributed by atoms with van der Waals surface area (Å²) in [6.07, 6.45) is 4.67. The van der Waals surface area contributed by atoms with Crippen LogP contribution in [0.1, 0.15) is 16.5 Å². The maximum Gasteiger partial charge on any atom is 0.0453 e. The Hall–Kier alpha value is -0.710. The maximum atomic E-state index is 4.03. The highest BCUT2D eigenvalue weighted by molar-refractivity contribution is 9.10. The highest BCUT2D eigenvalue weighted by Crippen LogP contribution is 2.27. The molecule has 4 heteroatoms. The molecular formula is C12H13BrN2S. The van der Waals surface area contributed by atoms with Gasteiger partial charge in [0.2, 0.25) is 0 Å². The lowest BCUT2D eigenvalue weighted by Gasteiger charge is -2.14. The normalized spacial score (nSPS) is 12.6. The molecule has 1 atom stereocenters. The van der Waals surface area contributed by atoms with Gasteiger partial charge in [-0.15, -0.1) is 11.3 Å². The molecule has 84 valence electrons. The van der Waals surface area contributed by atoms with E-state index in [1.165, 1.54) is 10.4 Å². The van der Waals surface area contributed by atoms with Crippen LogP contribution in [0, 0.1) is 0 Å². The van der Waals surface area contributed by atoms with Crippen molar-refractivity contribution in [3.8, 4) is 0 Å². The quantitative estimate of drug-likeness (QED) is 0.935. The molecule has 0 aliphatic heterocycles. The van der Waals surface area contributed by atoms with Gasteiger partial charge in [-0.1, -0.05) is 0 Å². The Labute approximate surface area is 108 Å². The molecule has 0 aromatic carbocycles. The van der Waals surface area contributed by atoms with E-state index in [0.717, 1.165) is 10.9 Å². The zero-order chi connectivity index (χ0) is 11.4. The first kappa shape index (κ1) is 11.8. The number of nitrogens with one attached hydrogen (secondary N) is 1. The van der Waals surface area contributed by atoms with Crippen LogP contribution < -0.4 is 5.32 Å². The third-order valence-electron chi connectivity index (χ3n) is 2.47. The van der Waals surface area contributed by atoms with E-state index in [-0.39, 0.29) is 0 Å². The number of halogens is 1. The summed E-state index contributed by atoms with van der Waals surface area (Å²) in [4.78, 5) is 5.38. The molecule has 2 nitrogen and oxygen atoms in total. The molecular weight excluding hydrogens is 284 g/mol. The van der Waals surface area contributed by atoms with Crippen molar-refractivity contribution in [1.82, 2.24) is 10.3 Å². The monoisotopic (exact) mass is 296 g/mol. The second kappa shape index (κ2) is 5.57. The Balaban J connectivity index is 2.12. The Kier molecular flexibility index (Phi) is 4.09. The molecule has 2 aromatic rings. The van der Waals surface area contributed by atoms with Crippen LogP contribution in [0.4, 0.5) is 0 Å². The maximum absolute atomic E-state index is 4.03. The summed E-state index contributed by atoms with van der Waals surface area (Å²) in [7, 11) is 2.00. The number of thiophene rings is 1. The predicted octanol–water partition coefficient (Wildman–Crippen LogP) is 3.41. The van der Waals surface area contributed by atoms with E-state index in [1.54, 1.807) is 11.3 Å². The summed E-state index contributed by atoms with van der Waals surface area (Å²) in [5.74, 6) is 0. The van der Waals surface area contributed by atoms with Crippen LogP contribution in [0.15, 0.2) is 40.4 Å². The van der Waals surface area contributed by atoms with E-state index in [2.05, 4.69) is 49.8 Å². The van der Waals surface area contributed by atoms with Gasteiger partial charge in [0.25, 0.3) is 0 Å². The van der Waals surface area contributed by atoms with E-state index < -0.39 is 0 Å². The molecule has 0 aliphatic rings. The minimum Gasteiger partial charge on any atom is -0.312 e. The fourth-order valence-corrected chi connectivity index (χ4v) is 3.17. The molecule has 0 radical (unpaired) electrons. The molecule has 2 aromatic heterocycles. The van der Waals surface area contributed by atoms with Crippen molar-refractivity contribution in [2.24, 2.45) is 0 Å². The van der Waals surface area contributed by atoms with E-state index >= 15 is 0 Å². The van der Waals surface area contributed by atoms with E-state index in [0.29, 0.717) is 6.04 Å². The summed E-state index contributed by atoms with van der Waals surface area (Å²) in [6.45, 7) is 0. The Morgan fingerprint density at radius 2 is 2.19 bits per heavy atom. The van der Waals surface area contributed by atoms with Crippen LogP contribution in [-0.2, 0) is 6.42 Å². The van der Waals surface area contributed by atoms with Crippen molar-refractivity contribution in [2.75, 3.05) is 7.05 Å². The van der Waals surface area contributed by atoms with Gasteiger partial charge in [-0.05, 0) is 53.2 Å². The Morgan fingerprint density at radius 3 is 2.75 bits per heavy atom. The van der Waals surface area contributed by atoms with Gasteiger partial charge in [0, 0.05) is 33.2 Å². The lowest BCUT2D eigenvalue weighted by Crippen LogP contribution is -2.17. The fourth-order valence-electron chi connectivity index (χ4n) is 1.61. The Morgan fingerprint density at radius 1 is 1.44 bits per heavy atom. The molecule has 0 aliphatic carbocycles. The van der Waals surface area contributed by atoms with Crippen molar-refractivity contribution in [1.29, 1.82) is 0 Å². The predicted molar refractivity (Wildman–Crippen MR) is 71.8 cm³/mol. The van der Waals surface area contributed by atoms with Crippen molar-refractivity contribution in [2.45, 2.75) is 12.5 Å². The third-order valence-corrected chi connectivity index (χ3v) is 4.28. The number of hydrogen-bond donors (Lipinski definition) is 1. The topological polar surface area (TPSA) is 24.9 Å². The molecule has 0 saturated carbocycles. The highest BCUT2D eigenvalue weighted by Gasteiger charge is 2.11. The number of pyridine rings is 1. The minimum absolute atomic E-state index is 0.374. The second-order valence-electron chi connectivity index (χ2n) is 3.57. The molecule has 1 unspecified atom stereocenters. The molecule has 0 amide bonds. The smallest absolute Gasteiger partial charge is 0.0453 e. The summed E-state index contributed by atoms with van der Waals surface area (Å²) in [6, 6.07) is 6.67. The van der Waals surface area contributed by atoms with Crippen LogP contribution >= 0.6 is 27.3 Å². The van der Waals surface area contributed by atoms with Crippen LogP contribution in [0.25, 0.3) is 0 Å². The highest BCUT2D eigenvalue weighted by atomic mass is 79.9. The van der Waals surface area contributed by atoms with E-state index in [9.17, 15) is 0 Å². The molecule has 0 spiro atoms. The average molecular weight is 297 g/mol. The summed E-state index contributed by atoms with van der Waals surface area (Å²) < 4.78 is 1.16. The fraction of sp³-hybridized carbons (Fsp3) is 0.250. The first-order chi connectivity index (χ1) is 7.79. The minimum atomic E-state index is 0.374. The van der Waals surface area contributed by atoms with Crippen molar-refractivity contribution in [3.05, 3.63) is 50.9 Å². The zero-order valence-electron chi connectivity index (χ0n) is 8.98. The average Bonchev–Trinajstić information content (AvgIpc) is 2.74. The van der Waals surface area contributed by atoms with Crippen LogP contribution in [0.3, 0.4) is 0 Å². The summed E-state index contributed by atoms with van der Waals surface area (Å²) in [5, 5.41) is 5.47. The SMILES string of the molecule is CNC(Cc1ccncc1)c1cc(Br)cs1. The van der Waals surface area contributed by atoms with Crippen molar-refractivity contribution in [3.63, 3.8) is 0 Å². The van der Waals surface area contributed by atoms with Gasteiger partial charge in [-0.25, -0.2) is 0 Å². The van der Waals surface area contributed by atoms with E-state index in [1.807, 2.05) is 19.4 Å². The molecule has 0 saturated heterocycles. The lowest BCUT2D eigenvalue weighted by molar-refractivity contribution is 0.601.